The zero-order valence-corrected chi connectivity index (χ0v) is 11.0. The minimum Gasteiger partial charge on any atom is -0.492 e. The number of rotatable bonds is 4. The van der Waals surface area contributed by atoms with Crippen LogP contribution in [0.25, 0.3) is 0 Å². The molecule has 1 rings (SSSR count). The monoisotopic (exact) mass is 230 g/mol. The van der Waals surface area contributed by atoms with Gasteiger partial charge in [-0.15, -0.1) is 11.3 Å². The molecule has 0 spiro atoms. The highest BCUT2D eigenvalue weighted by Crippen LogP contribution is 2.20. The molecule has 0 aliphatic heterocycles. The van der Waals surface area contributed by atoms with Gasteiger partial charge in [-0.05, 0) is 13.1 Å². The van der Waals surface area contributed by atoms with Crippen molar-refractivity contribution >= 4 is 11.3 Å². The molecule has 0 fully saturated rings. The Bertz CT molecular complexity index is 246. The van der Waals surface area contributed by atoms with Crippen molar-refractivity contribution in [1.82, 2.24) is 9.88 Å². The van der Waals surface area contributed by atoms with E-state index in [4.69, 9.17) is 0 Å². The molecule has 0 radical (unpaired) electrons. The normalized spacial score (nSPS) is 9.93. The van der Waals surface area contributed by atoms with Crippen LogP contribution in [0.1, 0.15) is 39.0 Å². The number of aromatic nitrogens is 1. The fraction of sp³-hybridized carbons (Fsp3) is 0.727. The molecule has 0 atom stereocenters. The van der Waals surface area contributed by atoms with E-state index in [1.54, 1.807) is 5.51 Å². The summed E-state index contributed by atoms with van der Waals surface area (Å²) < 4.78 is 0. The summed E-state index contributed by atoms with van der Waals surface area (Å²) in [6.07, 6.45) is 1.25. The first kappa shape index (κ1) is 14.4. The van der Waals surface area contributed by atoms with Crippen molar-refractivity contribution in [3.05, 3.63) is 10.4 Å². The average molecular weight is 230 g/mol. The molecule has 0 saturated heterocycles. The molecule has 1 aromatic heterocycles. The van der Waals surface area contributed by atoms with E-state index >= 15 is 0 Å². The van der Waals surface area contributed by atoms with Gasteiger partial charge in [0, 0.05) is 6.54 Å². The van der Waals surface area contributed by atoms with Crippen LogP contribution in [-0.2, 0) is 6.54 Å². The van der Waals surface area contributed by atoms with Crippen molar-refractivity contribution in [2.45, 2.75) is 40.7 Å². The predicted octanol–water partition coefficient (Wildman–Crippen LogP) is 3.11. The van der Waals surface area contributed by atoms with E-state index in [2.05, 4.69) is 37.6 Å². The zero-order chi connectivity index (χ0) is 11.7. The first-order valence-electron chi connectivity index (χ1n) is 5.53. The summed E-state index contributed by atoms with van der Waals surface area (Å²) in [6.45, 7) is 11.3. The van der Waals surface area contributed by atoms with E-state index in [0.717, 1.165) is 24.5 Å². The molecular weight excluding hydrogens is 208 g/mol. The highest BCUT2D eigenvalue weighted by Gasteiger charge is 2.07. The largest absolute Gasteiger partial charge is 0.492 e. The molecular formula is C11H22N2OS. The lowest BCUT2D eigenvalue weighted by molar-refractivity contribution is 0.293. The molecule has 0 aliphatic rings. The van der Waals surface area contributed by atoms with Gasteiger partial charge in [0.25, 0.3) is 0 Å². The third-order valence-corrected chi connectivity index (χ3v) is 2.69. The van der Waals surface area contributed by atoms with Crippen LogP contribution >= 0.6 is 11.3 Å². The maximum Gasteiger partial charge on any atom is 0.226 e. The maximum atomic E-state index is 9.26. The van der Waals surface area contributed by atoms with Crippen molar-refractivity contribution in [3.63, 3.8) is 0 Å². The van der Waals surface area contributed by atoms with Crippen molar-refractivity contribution in [1.29, 1.82) is 0 Å². The number of hydrogen-bond donors (Lipinski definition) is 1. The SMILES string of the molecule is CCC.CCN(CC)Cc1scnc1O. The third-order valence-electron chi connectivity index (χ3n) is 1.88. The first-order valence-corrected chi connectivity index (χ1v) is 6.41. The molecule has 3 nitrogen and oxygen atoms in total. The Morgan fingerprint density at radius 1 is 1.27 bits per heavy atom. The summed E-state index contributed by atoms with van der Waals surface area (Å²) in [7, 11) is 0. The zero-order valence-electron chi connectivity index (χ0n) is 10.2. The predicted molar refractivity (Wildman–Crippen MR) is 66.4 cm³/mol. The van der Waals surface area contributed by atoms with Crippen LogP contribution in [0.15, 0.2) is 5.51 Å². The number of hydrogen-bond acceptors (Lipinski definition) is 4. The minimum atomic E-state index is 0.187. The first-order chi connectivity index (χ1) is 7.19. The van der Waals surface area contributed by atoms with Gasteiger partial charge in [0.05, 0.1) is 10.4 Å². The Hall–Kier alpha value is -0.610. The summed E-state index contributed by atoms with van der Waals surface area (Å²) >= 11 is 1.51. The average Bonchev–Trinajstić information content (AvgIpc) is 2.62. The summed E-state index contributed by atoms with van der Waals surface area (Å²) in [5, 5.41) is 9.26. The van der Waals surface area contributed by atoms with Gasteiger partial charge in [-0.25, -0.2) is 4.98 Å². The van der Waals surface area contributed by atoms with Crippen LogP contribution in [0.3, 0.4) is 0 Å². The third kappa shape index (κ3) is 5.74. The van der Waals surface area contributed by atoms with Crippen LogP contribution in [-0.4, -0.2) is 28.1 Å². The molecule has 0 aliphatic carbocycles. The summed E-state index contributed by atoms with van der Waals surface area (Å²) in [6, 6.07) is 0. The number of aromatic hydroxyl groups is 1. The molecule has 0 amide bonds. The molecule has 0 bridgehead atoms. The molecule has 15 heavy (non-hydrogen) atoms. The maximum absolute atomic E-state index is 9.26. The summed E-state index contributed by atoms with van der Waals surface area (Å²) in [5.41, 5.74) is 1.67. The fourth-order valence-electron chi connectivity index (χ4n) is 1.02. The van der Waals surface area contributed by atoms with E-state index in [9.17, 15) is 5.11 Å². The van der Waals surface area contributed by atoms with Crippen LogP contribution in [0, 0.1) is 0 Å². The lowest BCUT2D eigenvalue weighted by Crippen LogP contribution is -2.21. The van der Waals surface area contributed by atoms with Gasteiger partial charge in [-0.2, -0.15) is 0 Å². The van der Waals surface area contributed by atoms with E-state index in [0.29, 0.717) is 0 Å². The Labute approximate surface area is 96.8 Å². The van der Waals surface area contributed by atoms with Gasteiger partial charge in [0.2, 0.25) is 5.88 Å². The number of thiazole rings is 1. The Kier molecular flexibility index (Phi) is 8.33. The lowest BCUT2D eigenvalue weighted by atomic mass is 10.4. The Morgan fingerprint density at radius 2 is 1.80 bits per heavy atom. The van der Waals surface area contributed by atoms with E-state index in [-0.39, 0.29) is 5.88 Å². The van der Waals surface area contributed by atoms with Gasteiger partial charge in [0.15, 0.2) is 0 Å². The standard InChI is InChI=1S/C8H14N2OS.C3H8/c1-3-10(4-2)5-7-8(11)9-6-12-7;1-3-2/h6,11H,3-5H2,1-2H3;3H2,1-2H3. The molecule has 0 saturated carbocycles. The van der Waals surface area contributed by atoms with Gasteiger partial charge in [-0.1, -0.05) is 34.1 Å². The second-order valence-corrected chi connectivity index (χ2v) is 4.21. The van der Waals surface area contributed by atoms with Gasteiger partial charge in [-0.3, -0.25) is 4.90 Å². The highest BCUT2D eigenvalue weighted by atomic mass is 32.1. The van der Waals surface area contributed by atoms with Gasteiger partial charge < -0.3 is 5.11 Å². The topological polar surface area (TPSA) is 36.4 Å². The highest BCUT2D eigenvalue weighted by molar-refractivity contribution is 7.09. The molecule has 0 aromatic carbocycles. The second-order valence-electron chi connectivity index (χ2n) is 3.27. The molecule has 1 N–H and O–H groups in total. The van der Waals surface area contributed by atoms with Crippen molar-refractivity contribution in [2.24, 2.45) is 0 Å². The van der Waals surface area contributed by atoms with Crippen molar-refractivity contribution < 1.29 is 5.11 Å². The smallest absolute Gasteiger partial charge is 0.226 e. The molecule has 88 valence electrons. The lowest BCUT2D eigenvalue weighted by Gasteiger charge is -2.16. The van der Waals surface area contributed by atoms with E-state index in [1.807, 2.05) is 0 Å². The van der Waals surface area contributed by atoms with Gasteiger partial charge >= 0.3 is 0 Å². The minimum absolute atomic E-state index is 0.187. The molecule has 1 heterocycles. The second kappa shape index (κ2) is 8.68. The number of nitrogens with zero attached hydrogens (tertiary/aromatic N) is 2. The molecule has 0 unspecified atom stereocenters. The quantitative estimate of drug-likeness (QED) is 0.863. The molecule has 4 heteroatoms. The Balaban J connectivity index is 0.000000583. The summed E-state index contributed by atoms with van der Waals surface area (Å²) in [5.74, 6) is 0.187. The van der Waals surface area contributed by atoms with Crippen LogP contribution < -0.4 is 0 Å². The van der Waals surface area contributed by atoms with Crippen LogP contribution in [0.5, 0.6) is 5.88 Å². The molecule has 1 aromatic rings. The van der Waals surface area contributed by atoms with Crippen LogP contribution in [0.4, 0.5) is 0 Å². The van der Waals surface area contributed by atoms with Gasteiger partial charge in [0.1, 0.15) is 0 Å². The summed E-state index contributed by atoms with van der Waals surface area (Å²) in [4.78, 5) is 6.99. The van der Waals surface area contributed by atoms with Crippen LogP contribution in [0.2, 0.25) is 0 Å². The van der Waals surface area contributed by atoms with E-state index in [1.165, 1.54) is 17.8 Å². The Morgan fingerprint density at radius 3 is 2.13 bits per heavy atom. The van der Waals surface area contributed by atoms with E-state index < -0.39 is 0 Å². The van der Waals surface area contributed by atoms with Crippen molar-refractivity contribution in [2.75, 3.05) is 13.1 Å². The fourth-order valence-corrected chi connectivity index (χ4v) is 1.72. The van der Waals surface area contributed by atoms with Crippen molar-refractivity contribution in [3.8, 4) is 5.88 Å².